The molecular weight excluding hydrogens is 282 g/mol. The van der Waals surface area contributed by atoms with E-state index in [1.807, 2.05) is 0 Å². The van der Waals surface area contributed by atoms with E-state index in [4.69, 9.17) is 13.3 Å². The molecule has 0 saturated heterocycles. The van der Waals surface area contributed by atoms with Crippen LogP contribution in [0.25, 0.3) is 0 Å². The Labute approximate surface area is 130 Å². The van der Waals surface area contributed by atoms with Crippen molar-refractivity contribution in [1.29, 1.82) is 0 Å². The first kappa shape index (κ1) is 18.3. The summed E-state index contributed by atoms with van der Waals surface area (Å²) in [6.45, 7) is 5.52. The van der Waals surface area contributed by atoms with Crippen molar-refractivity contribution < 1.29 is 17.8 Å². The summed E-state index contributed by atoms with van der Waals surface area (Å²) in [4.78, 5) is 0. The zero-order valence-electron chi connectivity index (χ0n) is 14.1. The summed E-state index contributed by atoms with van der Waals surface area (Å²) >= 11 is 0. The molecule has 21 heavy (non-hydrogen) atoms. The zero-order valence-corrected chi connectivity index (χ0v) is 15.1. The van der Waals surface area contributed by atoms with Crippen LogP contribution in [0, 0.1) is 5.92 Å². The summed E-state index contributed by atoms with van der Waals surface area (Å²) < 4.78 is 18.6. The predicted molar refractivity (Wildman–Crippen MR) is 86.0 cm³/mol. The van der Waals surface area contributed by atoms with Gasteiger partial charge >= 0.3 is 8.80 Å². The minimum Gasteiger partial charge on any atom is -0.377 e. The molecule has 1 heterocycles. The topological polar surface area (TPSA) is 31.6 Å². The third-order valence-electron chi connectivity index (χ3n) is 3.65. The Bertz CT molecular complexity index is 400. The van der Waals surface area contributed by atoms with Crippen LogP contribution in [0.4, 0.5) is 0 Å². The van der Waals surface area contributed by atoms with E-state index in [2.05, 4.69) is 42.9 Å². The standard InChI is InChI=1S/C16H30NO3Si/c1-15(2)13-16-9-8-11-17(14-16)10-6-7-12-21(18-3,19-4)20-5/h8-9,11,14-15H,6-7,10,12-13H2,1-5H3/q+1. The van der Waals surface area contributed by atoms with Crippen LogP contribution >= 0.6 is 0 Å². The Morgan fingerprint density at radius 3 is 2.33 bits per heavy atom. The molecule has 0 saturated carbocycles. The molecule has 0 atom stereocenters. The number of pyridine rings is 1. The third kappa shape index (κ3) is 6.26. The SMILES string of the molecule is CO[Si](CCCC[n+]1cccc(CC(C)C)c1)(OC)OC. The maximum absolute atomic E-state index is 5.44. The van der Waals surface area contributed by atoms with Gasteiger partial charge in [-0.25, -0.2) is 4.57 Å². The van der Waals surface area contributed by atoms with Gasteiger partial charge in [0.2, 0.25) is 0 Å². The van der Waals surface area contributed by atoms with Gasteiger partial charge in [0.15, 0.2) is 12.4 Å². The molecule has 0 aromatic carbocycles. The first-order valence-electron chi connectivity index (χ1n) is 7.68. The van der Waals surface area contributed by atoms with E-state index < -0.39 is 8.80 Å². The summed E-state index contributed by atoms with van der Waals surface area (Å²) in [6.07, 6.45) is 7.67. The van der Waals surface area contributed by atoms with Crippen molar-refractivity contribution in [1.82, 2.24) is 0 Å². The van der Waals surface area contributed by atoms with Crippen LogP contribution in [-0.4, -0.2) is 30.1 Å². The molecule has 0 aliphatic carbocycles. The monoisotopic (exact) mass is 312 g/mol. The maximum Gasteiger partial charge on any atom is 0.500 e. The smallest absolute Gasteiger partial charge is 0.377 e. The van der Waals surface area contributed by atoms with E-state index in [0.717, 1.165) is 31.9 Å². The number of aryl methyl sites for hydroxylation is 1. The van der Waals surface area contributed by atoms with E-state index in [1.54, 1.807) is 21.3 Å². The second kappa shape index (κ2) is 9.30. The molecule has 4 nitrogen and oxygen atoms in total. The first-order valence-corrected chi connectivity index (χ1v) is 9.62. The molecule has 0 spiro atoms. The number of hydrogen-bond donors (Lipinski definition) is 0. The summed E-state index contributed by atoms with van der Waals surface area (Å²) in [7, 11) is 2.61. The van der Waals surface area contributed by atoms with E-state index in [1.165, 1.54) is 5.56 Å². The van der Waals surface area contributed by atoms with Gasteiger partial charge in [0.1, 0.15) is 6.54 Å². The maximum atomic E-state index is 5.44. The largest absolute Gasteiger partial charge is 0.500 e. The molecule has 0 unspecified atom stereocenters. The highest BCUT2D eigenvalue weighted by Crippen LogP contribution is 2.16. The molecule has 0 N–H and O–H groups in total. The third-order valence-corrected chi connectivity index (χ3v) is 6.48. The van der Waals surface area contributed by atoms with E-state index in [-0.39, 0.29) is 0 Å². The summed E-state index contributed by atoms with van der Waals surface area (Å²) in [6, 6.07) is 5.20. The van der Waals surface area contributed by atoms with Crippen molar-refractivity contribution in [3.63, 3.8) is 0 Å². The fourth-order valence-corrected chi connectivity index (χ4v) is 4.29. The van der Waals surface area contributed by atoms with Crippen molar-refractivity contribution in [3.05, 3.63) is 30.1 Å². The average molecular weight is 313 g/mol. The molecule has 0 amide bonds. The lowest BCUT2D eigenvalue weighted by Gasteiger charge is -2.23. The number of hydrogen-bond acceptors (Lipinski definition) is 3. The van der Waals surface area contributed by atoms with Crippen LogP contribution in [0.3, 0.4) is 0 Å². The van der Waals surface area contributed by atoms with Gasteiger partial charge in [0.25, 0.3) is 0 Å². The number of rotatable bonds is 10. The molecule has 1 aromatic heterocycles. The van der Waals surface area contributed by atoms with Crippen molar-refractivity contribution in [2.24, 2.45) is 5.92 Å². The lowest BCUT2D eigenvalue weighted by atomic mass is 10.1. The highest BCUT2D eigenvalue weighted by atomic mass is 28.4. The van der Waals surface area contributed by atoms with Gasteiger partial charge in [0, 0.05) is 45.4 Å². The highest BCUT2D eigenvalue weighted by Gasteiger charge is 2.36. The molecule has 1 rings (SSSR count). The minimum absolute atomic E-state index is 0.692. The summed E-state index contributed by atoms with van der Waals surface area (Å²) in [5, 5.41) is 0. The molecule has 0 bridgehead atoms. The Hall–Kier alpha value is -0.753. The zero-order chi connectivity index (χ0) is 15.7. The van der Waals surface area contributed by atoms with Crippen molar-refractivity contribution in [3.8, 4) is 0 Å². The van der Waals surface area contributed by atoms with Crippen molar-refractivity contribution >= 4 is 8.80 Å². The molecule has 0 aliphatic rings. The van der Waals surface area contributed by atoms with Gasteiger partial charge in [-0.15, -0.1) is 0 Å². The Morgan fingerprint density at radius 1 is 1.10 bits per heavy atom. The Balaban J connectivity index is 2.42. The Morgan fingerprint density at radius 2 is 1.76 bits per heavy atom. The summed E-state index contributed by atoms with van der Waals surface area (Å²) in [5.41, 5.74) is 1.40. The fraction of sp³-hybridized carbons (Fsp3) is 0.688. The molecule has 0 radical (unpaired) electrons. The van der Waals surface area contributed by atoms with Gasteiger partial charge in [-0.2, -0.15) is 0 Å². The molecule has 5 heteroatoms. The molecule has 0 aliphatic heterocycles. The van der Waals surface area contributed by atoms with E-state index in [9.17, 15) is 0 Å². The summed E-state index contributed by atoms with van der Waals surface area (Å²) in [5.74, 6) is 0.692. The van der Waals surface area contributed by atoms with Gasteiger partial charge in [-0.05, 0) is 24.8 Å². The van der Waals surface area contributed by atoms with Gasteiger partial charge in [-0.1, -0.05) is 13.8 Å². The lowest BCUT2D eigenvalue weighted by Crippen LogP contribution is -2.42. The average Bonchev–Trinajstić information content (AvgIpc) is 2.48. The van der Waals surface area contributed by atoms with Crippen LogP contribution in [0.5, 0.6) is 0 Å². The second-order valence-corrected chi connectivity index (χ2v) is 8.89. The molecule has 120 valence electrons. The quantitative estimate of drug-likeness (QED) is 0.378. The fourth-order valence-electron chi connectivity index (χ4n) is 2.50. The van der Waals surface area contributed by atoms with E-state index >= 15 is 0 Å². The van der Waals surface area contributed by atoms with Crippen LogP contribution in [-0.2, 0) is 26.2 Å². The number of aromatic nitrogens is 1. The molecule has 0 fully saturated rings. The Kier molecular flexibility index (Phi) is 8.10. The van der Waals surface area contributed by atoms with E-state index in [0.29, 0.717) is 5.92 Å². The normalized spacial score (nSPS) is 12.1. The van der Waals surface area contributed by atoms with Gasteiger partial charge < -0.3 is 13.3 Å². The molecular formula is C16H30NO3Si+. The number of unbranched alkanes of at least 4 members (excludes halogenated alkanes) is 1. The van der Waals surface area contributed by atoms with Crippen LogP contribution in [0.2, 0.25) is 6.04 Å². The first-order chi connectivity index (χ1) is 10.0. The van der Waals surface area contributed by atoms with Gasteiger partial charge in [0.05, 0.1) is 0 Å². The molecule has 1 aromatic rings. The van der Waals surface area contributed by atoms with Gasteiger partial charge in [-0.3, -0.25) is 0 Å². The van der Waals surface area contributed by atoms with Crippen LogP contribution in [0.1, 0.15) is 32.3 Å². The lowest BCUT2D eigenvalue weighted by molar-refractivity contribution is -0.697. The highest BCUT2D eigenvalue weighted by molar-refractivity contribution is 6.60. The van der Waals surface area contributed by atoms with Crippen molar-refractivity contribution in [2.45, 2.75) is 45.7 Å². The number of nitrogens with zero attached hydrogens (tertiary/aromatic N) is 1. The van der Waals surface area contributed by atoms with Crippen molar-refractivity contribution in [2.75, 3.05) is 21.3 Å². The van der Waals surface area contributed by atoms with Crippen LogP contribution in [0.15, 0.2) is 24.5 Å². The minimum atomic E-state index is -2.40. The van der Waals surface area contributed by atoms with Crippen LogP contribution < -0.4 is 4.57 Å². The second-order valence-electron chi connectivity index (χ2n) is 5.80. The predicted octanol–water partition coefficient (Wildman–Crippen LogP) is 2.83.